The van der Waals surface area contributed by atoms with Crippen molar-refractivity contribution >= 4 is 17.5 Å². The third-order valence-electron chi connectivity index (χ3n) is 5.73. The minimum atomic E-state index is -0.483. The number of benzene rings is 1. The van der Waals surface area contributed by atoms with Crippen molar-refractivity contribution < 1.29 is 14.5 Å². The molecule has 0 saturated carbocycles. The van der Waals surface area contributed by atoms with Crippen LogP contribution in [0.5, 0.6) is 0 Å². The first-order chi connectivity index (χ1) is 14.8. The van der Waals surface area contributed by atoms with Gasteiger partial charge in [-0.1, -0.05) is 24.6 Å². The molecule has 10 heteroatoms. The summed E-state index contributed by atoms with van der Waals surface area (Å²) in [6.07, 6.45) is 3.40. The fourth-order valence-electron chi connectivity index (χ4n) is 3.78. The van der Waals surface area contributed by atoms with E-state index in [9.17, 15) is 19.7 Å². The van der Waals surface area contributed by atoms with Crippen molar-refractivity contribution in [2.45, 2.75) is 52.5 Å². The van der Waals surface area contributed by atoms with E-state index in [0.717, 1.165) is 25.7 Å². The third-order valence-corrected chi connectivity index (χ3v) is 5.73. The van der Waals surface area contributed by atoms with Gasteiger partial charge in [0.05, 0.1) is 22.2 Å². The van der Waals surface area contributed by atoms with E-state index in [1.54, 1.807) is 24.0 Å². The van der Waals surface area contributed by atoms with E-state index in [0.29, 0.717) is 24.5 Å². The summed E-state index contributed by atoms with van der Waals surface area (Å²) in [7, 11) is 0. The SMILES string of the molecule is CCCCNC(=O)C1CCC(C)N(C(=O)c2nnn(-c3cccc([N+](=O)[O-])c3)c2C)C1. The molecule has 2 atom stereocenters. The van der Waals surface area contributed by atoms with E-state index in [1.807, 2.05) is 6.92 Å². The summed E-state index contributed by atoms with van der Waals surface area (Å²) in [5, 5.41) is 22.1. The molecule has 2 unspecified atom stereocenters. The number of aromatic nitrogens is 3. The highest BCUT2D eigenvalue weighted by molar-refractivity contribution is 5.94. The van der Waals surface area contributed by atoms with Crippen LogP contribution in [0.25, 0.3) is 5.69 Å². The zero-order chi connectivity index (χ0) is 22.5. The van der Waals surface area contributed by atoms with Crippen LogP contribution in [0.1, 0.15) is 55.7 Å². The van der Waals surface area contributed by atoms with Crippen LogP contribution in [0.3, 0.4) is 0 Å². The molecule has 2 aromatic rings. The lowest BCUT2D eigenvalue weighted by Gasteiger charge is -2.37. The van der Waals surface area contributed by atoms with Crippen LogP contribution in [0, 0.1) is 23.0 Å². The highest BCUT2D eigenvalue weighted by Gasteiger charge is 2.35. The quantitative estimate of drug-likeness (QED) is 0.411. The van der Waals surface area contributed by atoms with Gasteiger partial charge < -0.3 is 10.2 Å². The Bertz CT molecular complexity index is 973. The predicted octanol–water partition coefficient (Wildman–Crippen LogP) is 2.64. The summed E-state index contributed by atoms with van der Waals surface area (Å²) in [5.74, 6) is -0.549. The van der Waals surface area contributed by atoms with E-state index in [2.05, 4.69) is 22.6 Å². The van der Waals surface area contributed by atoms with Crippen molar-refractivity contribution in [1.82, 2.24) is 25.2 Å². The molecular formula is C21H28N6O4. The first-order valence-electron chi connectivity index (χ1n) is 10.6. The van der Waals surface area contributed by atoms with Gasteiger partial charge >= 0.3 is 0 Å². The molecule has 10 nitrogen and oxygen atoms in total. The van der Waals surface area contributed by atoms with Crippen molar-refractivity contribution in [3.63, 3.8) is 0 Å². The zero-order valence-electron chi connectivity index (χ0n) is 18.1. The van der Waals surface area contributed by atoms with Crippen molar-refractivity contribution in [2.24, 2.45) is 5.92 Å². The van der Waals surface area contributed by atoms with Gasteiger partial charge in [-0.2, -0.15) is 0 Å². The van der Waals surface area contributed by atoms with Crippen LogP contribution < -0.4 is 5.32 Å². The predicted molar refractivity (Wildman–Crippen MR) is 114 cm³/mol. The summed E-state index contributed by atoms with van der Waals surface area (Å²) >= 11 is 0. The highest BCUT2D eigenvalue weighted by atomic mass is 16.6. The Hall–Kier alpha value is -3.30. The van der Waals surface area contributed by atoms with Gasteiger partial charge in [-0.05, 0) is 39.2 Å². The molecule has 166 valence electrons. The maximum absolute atomic E-state index is 13.2. The summed E-state index contributed by atoms with van der Waals surface area (Å²) in [6.45, 7) is 6.71. The maximum atomic E-state index is 13.2. The van der Waals surface area contributed by atoms with E-state index in [1.165, 1.54) is 16.8 Å². The Morgan fingerprint density at radius 3 is 2.81 bits per heavy atom. The minimum Gasteiger partial charge on any atom is -0.356 e. The fraction of sp³-hybridized carbons (Fsp3) is 0.524. The lowest BCUT2D eigenvalue weighted by Crippen LogP contribution is -2.49. The number of nitro groups is 1. The highest BCUT2D eigenvalue weighted by Crippen LogP contribution is 2.25. The Kier molecular flexibility index (Phi) is 6.98. The summed E-state index contributed by atoms with van der Waals surface area (Å²) in [4.78, 5) is 38.0. The van der Waals surface area contributed by atoms with Crippen molar-refractivity contribution in [3.8, 4) is 5.69 Å². The van der Waals surface area contributed by atoms with E-state index < -0.39 is 4.92 Å². The number of carbonyl (C=O) groups excluding carboxylic acids is 2. The molecule has 2 amide bonds. The Morgan fingerprint density at radius 2 is 2.10 bits per heavy atom. The van der Waals surface area contributed by atoms with Gasteiger partial charge in [0.15, 0.2) is 5.69 Å². The number of unbranched alkanes of at least 4 members (excludes halogenated alkanes) is 1. The number of carbonyl (C=O) groups is 2. The number of amides is 2. The molecule has 2 heterocycles. The largest absolute Gasteiger partial charge is 0.356 e. The second kappa shape index (κ2) is 9.67. The average molecular weight is 428 g/mol. The number of nitrogens with one attached hydrogen (secondary N) is 1. The van der Waals surface area contributed by atoms with Crippen LogP contribution in [-0.4, -0.2) is 55.8 Å². The molecule has 0 aliphatic carbocycles. The number of piperidine rings is 1. The molecule has 1 aliphatic rings. The molecule has 1 fully saturated rings. The second-order valence-electron chi connectivity index (χ2n) is 7.94. The van der Waals surface area contributed by atoms with Gasteiger partial charge in [0.2, 0.25) is 5.91 Å². The lowest BCUT2D eigenvalue weighted by atomic mass is 9.92. The van der Waals surface area contributed by atoms with Crippen LogP contribution in [0.4, 0.5) is 5.69 Å². The maximum Gasteiger partial charge on any atom is 0.276 e. The van der Waals surface area contributed by atoms with Crippen LogP contribution >= 0.6 is 0 Å². The van der Waals surface area contributed by atoms with Crippen LogP contribution in [-0.2, 0) is 4.79 Å². The molecule has 0 bridgehead atoms. The zero-order valence-corrected chi connectivity index (χ0v) is 18.1. The first kappa shape index (κ1) is 22.4. The topological polar surface area (TPSA) is 123 Å². The second-order valence-corrected chi connectivity index (χ2v) is 7.94. The van der Waals surface area contributed by atoms with E-state index in [4.69, 9.17) is 0 Å². The van der Waals surface area contributed by atoms with Gasteiger partial charge in [0, 0.05) is 31.3 Å². The molecule has 3 rings (SSSR count). The Morgan fingerprint density at radius 1 is 1.32 bits per heavy atom. The van der Waals surface area contributed by atoms with Gasteiger partial charge in [-0.3, -0.25) is 19.7 Å². The Labute approximate surface area is 180 Å². The molecule has 1 saturated heterocycles. The monoisotopic (exact) mass is 428 g/mol. The normalized spacial score (nSPS) is 18.6. The number of likely N-dealkylation sites (tertiary alicyclic amines) is 1. The van der Waals surface area contributed by atoms with Crippen molar-refractivity contribution in [1.29, 1.82) is 0 Å². The van der Waals surface area contributed by atoms with Crippen LogP contribution in [0.2, 0.25) is 0 Å². The number of nitro benzene ring substituents is 1. The minimum absolute atomic E-state index is 0.0184. The lowest BCUT2D eigenvalue weighted by molar-refractivity contribution is -0.384. The van der Waals surface area contributed by atoms with Gasteiger partial charge in [0.1, 0.15) is 0 Å². The number of rotatable bonds is 7. The van der Waals surface area contributed by atoms with E-state index >= 15 is 0 Å². The third kappa shape index (κ3) is 4.89. The molecular weight excluding hydrogens is 400 g/mol. The molecule has 1 aliphatic heterocycles. The fourth-order valence-corrected chi connectivity index (χ4v) is 3.78. The molecule has 0 radical (unpaired) electrons. The van der Waals surface area contributed by atoms with Gasteiger partial charge in [-0.15, -0.1) is 5.10 Å². The van der Waals surface area contributed by atoms with E-state index in [-0.39, 0.29) is 35.2 Å². The molecule has 31 heavy (non-hydrogen) atoms. The molecule has 1 N–H and O–H groups in total. The molecule has 1 aromatic carbocycles. The van der Waals surface area contributed by atoms with Gasteiger partial charge in [-0.25, -0.2) is 4.68 Å². The molecule has 1 aromatic heterocycles. The Balaban J connectivity index is 1.78. The first-order valence-corrected chi connectivity index (χ1v) is 10.6. The van der Waals surface area contributed by atoms with Crippen LogP contribution in [0.15, 0.2) is 24.3 Å². The standard InChI is InChI=1S/C21H28N6O4/c1-4-5-11-22-20(28)16-10-9-14(2)25(13-16)21(29)19-15(3)26(24-23-19)17-7-6-8-18(12-17)27(30)31/h6-8,12,14,16H,4-5,9-11,13H2,1-3H3,(H,22,28). The molecule has 0 spiro atoms. The summed E-state index contributed by atoms with van der Waals surface area (Å²) in [6, 6.07) is 5.99. The number of nitrogens with zero attached hydrogens (tertiary/aromatic N) is 5. The summed E-state index contributed by atoms with van der Waals surface area (Å²) in [5.41, 5.74) is 1.07. The van der Waals surface area contributed by atoms with Crippen molar-refractivity contribution in [3.05, 3.63) is 45.8 Å². The average Bonchev–Trinajstić information content (AvgIpc) is 3.15. The van der Waals surface area contributed by atoms with Gasteiger partial charge in [0.25, 0.3) is 11.6 Å². The van der Waals surface area contributed by atoms with Crippen molar-refractivity contribution in [2.75, 3.05) is 13.1 Å². The number of hydrogen-bond acceptors (Lipinski definition) is 6. The number of non-ortho nitro benzene ring substituents is 1. The smallest absolute Gasteiger partial charge is 0.276 e. The number of hydrogen-bond donors (Lipinski definition) is 1. The summed E-state index contributed by atoms with van der Waals surface area (Å²) < 4.78 is 1.42.